The molecule has 106 valence electrons. The molecule has 1 aromatic carbocycles. The minimum Gasteiger partial charge on any atom is -0.543 e. The Bertz CT molecular complexity index is 476. The van der Waals surface area contributed by atoms with Crippen LogP contribution in [-0.2, 0) is 0 Å². The number of Topliss-reactive ketones (excluding diaryl/α,β-unsaturated/α-hetero) is 1. The van der Waals surface area contributed by atoms with Crippen LogP contribution in [0, 0.1) is 0 Å². The second-order valence-corrected chi connectivity index (χ2v) is 11.4. The molecule has 0 aromatic heterocycles. The van der Waals surface area contributed by atoms with E-state index in [9.17, 15) is 4.79 Å². The van der Waals surface area contributed by atoms with Crippen molar-refractivity contribution in [3.63, 3.8) is 0 Å². The topological polar surface area (TPSA) is 26.3 Å². The lowest BCUT2D eigenvalue weighted by Crippen LogP contribution is -2.44. The van der Waals surface area contributed by atoms with Crippen LogP contribution in [0.15, 0.2) is 18.2 Å². The average Bonchev–Trinajstić information content (AvgIpc) is 2.28. The van der Waals surface area contributed by atoms with Crippen molar-refractivity contribution >= 4 is 25.7 Å². The minimum atomic E-state index is -1.95. The zero-order valence-electron chi connectivity index (χ0n) is 12.6. The van der Waals surface area contributed by atoms with Gasteiger partial charge in [-0.1, -0.05) is 39.3 Å². The van der Waals surface area contributed by atoms with E-state index in [2.05, 4.69) is 33.9 Å². The summed E-state index contributed by atoms with van der Waals surface area (Å²) < 4.78 is 6.23. The SMILES string of the molecule is CCC(=O)c1cc(Cl)ccc1O[Si](C)(C)C(C)(C)C. The highest BCUT2D eigenvalue weighted by atomic mass is 35.5. The predicted octanol–water partition coefficient (Wildman–Crippen LogP) is 5.32. The Morgan fingerprint density at radius 1 is 1.32 bits per heavy atom. The third-order valence-corrected chi connectivity index (χ3v) is 8.31. The van der Waals surface area contributed by atoms with Gasteiger partial charge >= 0.3 is 0 Å². The molecule has 0 aliphatic carbocycles. The average molecular weight is 299 g/mol. The van der Waals surface area contributed by atoms with Crippen molar-refractivity contribution in [2.75, 3.05) is 0 Å². The molecule has 2 nitrogen and oxygen atoms in total. The Hall–Kier alpha value is -0.803. The molecule has 0 saturated carbocycles. The lowest BCUT2D eigenvalue weighted by Gasteiger charge is -2.37. The first kappa shape index (κ1) is 16.3. The van der Waals surface area contributed by atoms with Gasteiger partial charge < -0.3 is 4.43 Å². The van der Waals surface area contributed by atoms with Gasteiger partial charge in [-0.05, 0) is 36.3 Å². The third kappa shape index (κ3) is 3.83. The van der Waals surface area contributed by atoms with Gasteiger partial charge in [0.2, 0.25) is 0 Å². The van der Waals surface area contributed by atoms with Crippen molar-refractivity contribution in [3.05, 3.63) is 28.8 Å². The molecule has 0 saturated heterocycles. The summed E-state index contributed by atoms with van der Waals surface area (Å²) in [5, 5.41) is 0.665. The van der Waals surface area contributed by atoms with Gasteiger partial charge in [0, 0.05) is 11.4 Å². The lowest BCUT2D eigenvalue weighted by atomic mass is 10.1. The Morgan fingerprint density at radius 2 is 1.89 bits per heavy atom. The second-order valence-electron chi connectivity index (χ2n) is 6.28. The van der Waals surface area contributed by atoms with Crippen LogP contribution in [0.25, 0.3) is 0 Å². The van der Waals surface area contributed by atoms with Crippen molar-refractivity contribution in [1.82, 2.24) is 0 Å². The maximum atomic E-state index is 12.0. The molecular formula is C15H23ClO2Si. The van der Waals surface area contributed by atoms with Crippen molar-refractivity contribution in [2.45, 2.75) is 52.2 Å². The fraction of sp³-hybridized carbons (Fsp3) is 0.533. The molecule has 19 heavy (non-hydrogen) atoms. The van der Waals surface area contributed by atoms with Gasteiger partial charge in [-0.25, -0.2) is 0 Å². The summed E-state index contributed by atoms with van der Waals surface area (Å²) in [5.74, 6) is 0.735. The molecule has 0 fully saturated rings. The smallest absolute Gasteiger partial charge is 0.250 e. The summed E-state index contributed by atoms with van der Waals surface area (Å²) in [5.41, 5.74) is 0.597. The fourth-order valence-corrected chi connectivity index (χ4v) is 2.63. The van der Waals surface area contributed by atoms with E-state index < -0.39 is 8.32 Å². The quantitative estimate of drug-likeness (QED) is 0.556. The number of carbonyl (C=O) groups excluding carboxylic acids is 1. The van der Waals surface area contributed by atoms with E-state index in [1.807, 2.05) is 13.0 Å². The highest BCUT2D eigenvalue weighted by Crippen LogP contribution is 2.38. The standard InChI is InChI=1S/C15H23ClO2Si/c1-7-13(17)12-10-11(16)8-9-14(12)18-19(5,6)15(2,3)4/h8-10H,7H2,1-6H3. The molecule has 0 atom stereocenters. The maximum Gasteiger partial charge on any atom is 0.250 e. The van der Waals surface area contributed by atoms with Gasteiger partial charge in [0.1, 0.15) is 5.75 Å². The minimum absolute atomic E-state index is 0.0659. The van der Waals surface area contributed by atoms with E-state index in [0.29, 0.717) is 22.8 Å². The number of ketones is 1. The maximum absolute atomic E-state index is 12.0. The summed E-state index contributed by atoms with van der Waals surface area (Å²) >= 11 is 5.98. The Labute approximate surface area is 122 Å². The molecule has 0 aliphatic rings. The van der Waals surface area contributed by atoms with Crippen molar-refractivity contribution in [1.29, 1.82) is 0 Å². The highest BCUT2D eigenvalue weighted by molar-refractivity contribution is 6.74. The number of hydrogen-bond acceptors (Lipinski definition) is 2. The van der Waals surface area contributed by atoms with Crippen molar-refractivity contribution in [2.24, 2.45) is 0 Å². The van der Waals surface area contributed by atoms with Gasteiger partial charge in [-0.2, -0.15) is 0 Å². The van der Waals surface area contributed by atoms with Gasteiger partial charge in [0.15, 0.2) is 5.78 Å². The molecular weight excluding hydrogens is 276 g/mol. The van der Waals surface area contributed by atoms with Crippen LogP contribution in [0.2, 0.25) is 23.2 Å². The van der Waals surface area contributed by atoms with E-state index >= 15 is 0 Å². The molecule has 0 unspecified atom stereocenters. The summed E-state index contributed by atoms with van der Waals surface area (Å²) in [7, 11) is -1.95. The van der Waals surface area contributed by atoms with Crippen LogP contribution >= 0.6 is 11.6 Å². The molecule has 0 N–H and O–H groups in total. The molecule has 0 heterocycles. The van der Waals surface area contributed by atoms with Crippen LogP contribution < -0.4 is 4.43 Å². The first-order valence-corrected chi connectivity index (χ1v) is 9.89. The number of hydrogen-bond donors (Lipinski definition) is 0. The first-order chi connectivity index (χ1) is 8.58. The highest BCUT2D eigenvalue weighted by Gasteiger charge is 2.39. The molecule has 0 spiro atoms. The zero-order valence-corrected chi connectivity index (χ0v) is 14.4. The van der Waals surface area contributed by atoms with E-state index in [0.717, 1.165) is 0 Å². The molecule has 1 rings (SSSR count). The van der Waals surface area contributed by atoms with Crippen LogP contribution in [0.3, 0.4) is 0 Å². The first-order valence-electron chi connectivity index (χ1n) is 6.60. The molecule has 0 aliphatic heterocycles. The van der Waals surface area contributed by atoms with E-state index in [4.69, 9.17) is 16.0 Å². The van der Waals surface area contributed by atoms with E-state index in [-0.39, 0.29) is 10.8 Å². The van der Waals surface area contributed by atoms with Crippen LogP contribution in [0.4, 0.5) is 0 Å². The summed E-state index contributed by atoms with van der Waals surface area (Å²) in [6.07, 6.45) is 0.453. The van der Waals surface area contributed by atoms with Gasteiger partial charge in [-0.3, -0.25) is 4.79 Å². The zero-order chi connectivity index (χ0) is 14.8. The van der Waals surface area contributed by atoms with Crippen molar-refractivity contribution in [3.8, 4) is 5.75 Å². The molecule has 4 heteroatoms. The Kier molecular flexibility index (Phi) is 4.85. The monoisotopic (exact) mass is 298 g/mol. The largest absolute Gasteiger partial charge is 0.543 e. The normalized spacial score (nSPS) is 12.4. The summed E-state index contributed by atoms with van der Waals surface area (Å²) in [6.45, 7) is 12.7. The number of rotatable bonds is 4. The van der Waals surface area contributed by atoms with Crippen LogP contribution in [0.5, 0.6) is 5.75 Å². The van der Waals surface area contributed by atoms with Crippen LogP contribution in [0.1, 0.15) is 44.5 Å². The summed E-state index contributed by atoms with van der Waals surface area (Å²) in [6, 6.07) is 5.29. The Morgan fingerprint density at radius 3 is 2.37 bits per heavy atom. The lowest BCUT2D eigenvalue weighted by molar-refractivity contribution is 0.0986. The number of carbonyl (C=O) groups is 1. The van der Waals surface area contributed by atoms with Gasteiger partial charge in [0.05, 0.1) is 5.56 Å². The Balaban J connectivity index is 3.18. The number of benzene rings is 1. The fourth-order valence-electron chi connectivity index (χ4n) is 1.43. The molecule has 0 radical (unpaired) electrons. The number of halogens is 1. The predicted molar refractivity (Wildman–Crippen MR) is 83.9 cm³/mol. The molecule has 1 aromatic rings. The molecule has 0 amide bonds. The van der Waals surface area contributed by atoms with Crippen molar-refractivity contribution < 1.29 is 9.22 Å². The van der Waals surface area contributed by atoms with Crippen LogP contribution in [-0.4, -0.2) is 14.1 Å². The van der Waals surface area contributed by atoms with Gasteiger partial charge in [-0.15, -0.1) is 0 Å². The van der Waals surface area contributed by atoms with Gasteiger partial charge in [0.25, 0.3) is 8.32 Å². The van der Waals surface area contributed by atoms with E-state index in [1.54, 1.807) is 12.1 Å². The third-order valence-electron chi connectivity index (χ3n) is 3.73. The molecule has 0 bridgehead atoms. The summed E-state index contributed by atoms with van der Waals surface area (Å²) in [4.78, 5) is 12.0. The second kappa shape index (κ2) is 5.67. The van der Waals surface area contributed by atoms with E-state index in [1.165, 1.54) is 0 Å².